The van der Waals surface area contributed by atoms with Crippen LogP contribution in [-0.2, 0) is 4.79 Å². The number of hydrogen-bond donors (Lipinski definition) is 1. The summed E-state index contributed by atoms with van der Waals surface area (Å²) < 4.78 is 1.87. The smallest absolute Gasteiger partial charge is 0.241 e. The summed E-state index contributed by atoms with van der Waals surface area (Å²) in [5, 5.41) is 2.98. The van der Waals surface area contributed by atoms with Gasteiger partial charge in [0, 0.05) is 33.5 Å². The molecule has 1 unspecified atom stereocenters. The summed E-state index contributed by atoms with van der Waals surface area (Å²) in [5.74, 6) is 2.27. The lowest BCUT2D eigenvalue weighted by Crippen LogP contribution is -2.46. The molecule has 0 saturated carbocycles. The van der Waals surface area contributed by atoms with Crippen molar-refractivity contribution >= 4 is 55.2 Å². The number of halogens is 2. The standard InChI is InChI=1S/C13H16Br2N2OS/c1-9(17-4-6-19-7-5-17)13(18)16-12-3-2-10(14)8-11(12)15/h2-3,8-9H,4-7H2,1H3,(H,16,18). The van der Waals surface area contributed by atoms with Gasteiger partial charge in [-0.05, 0) is 41.1 Å². The Kier molecular flexibility index (Phi) is 5.74. The lowest BCUT2D eigenvalue weighted by Gasteiger charge is -2.31. The van der Waals surface area contributed by atoms with Crippen LogP contribution in [0.2, 0.25) is 0 Å². The maximum absolute atomic E-state index is 12.3. The lowest BCUT2D eigenvalue weighted by molar-refractivity contribution is -0.120. The van der Waals surface area contributed by atoms with E-state index in [1.165, 1.54) is 0 Å². The molecule has 1 atom stereocenters. The van der Waals surface area contributed by atoms with Crippen LogP contribution < -0.4 is 5.32 Å². The van der Waals surface area contributed by atoms with E-state index < -0.39 is 0 Å². The van der Waals surface area contributed by atoms with Crippen molar-refractivity contribution in [3.05, 3.63) is 27.1 Å². The van der Waals surface area contributed by atoms with Crippen LogP contribution >= 0.6 is 43.6 Å². The fourth-order valence-corrected chi connectivity index (χ4v) is 4.04. The first-order valence-corrected chi connectivity index (χ1v) is 8.89. The van der Waals surface area contributed by atoms with E-state index >= 15 is 0 Å². The monoisotopic (exact) mass is 406 g/mol. The van der Waals surface area contributed by atoms with Gasteiger partial charge in [-0.2, -0.15) is 11.8 Å². The summed E-state index contributed by atoms with van der Waals surface area (Å²) in [6.45, 7) is 3.94. The van der Waals surface area contributed by atoms with E-state index in [9.17, 15) is 4.79 Å². The molecule has 1 N–H and O–H groups in total. The van der Waals surface area contributed by atoms with Crippen molar-refractivity contribution in [3.8, 4) is 0 Å². The van der Waals surface area contributed by atoms with Gasteiger partial charge in [-0.25, -0.2) is 0 Å². The molecular weight excluding hydrogens is 392 g/mol. The largest absolute Gasteiger partial charge is 0.324 e. The Morgan fingerprint density at radius 3 is 2.68 bits per heavy atom. The van der Waals surface area contributed by atoms with Crippen molar-refractivity contribution in [2.45, 2.75) is 13.0 Å². The van der Waals surface area contributed by atoms with Gasteiger partial charge in [0.25, 0.3) is 0 Å². The van der Waals surface area contributed by atoms with Crippen LogP contribution in [-0.4, -0.2) is 41.4 Å². The first-order chi connectivity index (χ1) is 9.08. The van der Waals surface area contributed by atoms with Gasteiger partial charge in [-0.3, -0.25) is 9.69 Å². The molecule has 1 aliphatic rings. The second-order valence-electron chi connectivity index (χ2n) is 4.44. The number of carbonyl (C=O) groups excluding carboxylic acids is 1. The van der Waals surface area contributed by atoms with Crippen LogP contribution in [0.4, 0.5) is 5.69 Å². The molecule has 0 spiro atoms. The first-order valence-electron chi connectivity index (χ1n) is 6.15. The Bertz CT molecular complexity index is 464. The van der Waals surface area contributed by atoms with E-state index in [1.54, 1.807) is 0 Å². The zero-order valence-electron chi connectivity index (χ0n) is 10.7. The predicted octanol–water partition coefficient (Wildman–Crippen LogP) is 3.59. The number of nitrogens with zero attached hydrogens (tertiary/aromatic N) is 1. The summed E-state index contributed by atoms with van der Waals surface area (Å²) in [6, 6.07) is 5.65. The minimum absolute atomic E-state index is 0.0509. The molecule has 1 saturated heterocycles. The van der Waals surface area contributed by atoms with E-state index in [1.807, 2.05) is 36.9 Å². The molecular formula is C13H16Br2N2OS. The molecule has 1 aromatic carbocycles. The van der Waals surface area contributed by atoms with Crippen LogP contribution in [0.25, 0.3) is 0 Å². The van der Waals surface area contributed by atoms with Crippen molar-refractivity contribution < 1.29 is 4.79 Å². The van der Waals surface area contributed by atoms with E-state index in [4.69, 9.17) is 0 Å². The molecule has 6 heteroatoms. The number of anilines is 1. The molecule has 0 radical (unpaired) electrons. The van der Waals surface area contributed by atoms with Crippen LogP contribution in [0.1, 0.15) is 6.92 Å². The SMILES string of the molecule is CC(C(=O)Nc1ccc(Br)cc1Br)N1CCSCC1. The molecule has 1 aliphatic heterocycles. The van der Waals surface area contributed by atoms with E-state index in [0.29, 0.717) is 0 Å². The Morgan fingerprint density at radius 2 is 2.05 bits per heavy atom. The molecule has 0 aromatic heterocycles. The molecule has 0 aliphatic carbocycles. The topological polar surface area (TPSA) is 32.3 Å². The Morgan fingerprint density at radius 1 is 1.37 bits per heavy atom. The number of hydrogen-bond acceptors (Lipinski definition) is 3. The van der Waals surface area contributed by atoms with Gasteiger partial charge in [0.2, 0.25) is 5.91 Å². The highest BCUT2D eigenvalue weighted by Crippen LogP contribution is 2.26. The fourth-order valence-electron chi connectivity index (χ4n) is 1.96. The number of amides is 1. The highest BCUT2D eigenvalue weighted by molar-refractivity contribution is 9.11. The molecule has 1 aromatic rings. The maximum atomic E-state index is 12.3. The van der Waals surface area contributed by atoms with Crippen molar-refractivity contribution in [1.82, 2.24) is 4.90 Å². The first kappa shape index (κ1) is 15.4. The van der Waals surface area contributed by atoms with Crippen LogP contribution in [0.3, 0.4) is 0 Å². The highest BCUT2D eigenvalue weighted by Gasteiger charge is 2.23. The van der Waals surface area contributed by atoms with Gasteiger partial charge < -0.3 is 5.32 Å². The van der Waals surface area contributed by atoms with Crippen LogP contribution in [0.15, 0.2) is 27.1 Å². The average Bonchev–Trinajstić information content (AvgIpc) is 2.42. The molecule has 1 fully saturated rings. The van der Waals surface area contributed by atoms with Crippen molar-refractivity contribution in [2.24, 2.45) is 0 Å². The van der Waals surface area contributed by atoms with E-state index in [0.717, 1.165) is 39.2 Å². The third-order valence-electron chi connectivity index (χ3n) is 3.16. The highest BCUT2D eigenvalue weighted by atomic mass is 79.9. The van der Waals surface area contributed by atoms with E-state index in [2.05, 4.69) is 42.1 Å². The Labute approximate surface area is 134 Å². The zero-order chi connectivity index (χ0) is 13.8. The predicted molar refractivity (Wildman–Crippen MR) is 88.8 cm³/mol. The third kappa shape index (κ3) is 4.21. The molecule has 3 nitrogen and oxygen atoms in total. The number of thioether (sulfide) groups is 1. The molecule has 0 bridgehead atoms. The molecule has 1 amide bonds. The van der Waals surface area contributed by atoms with Crippen LogP contribution in [0, 0.1) is 0 Å². The number of rotatable bonds is 3. The minimum atomic E-state index is -0.0866. The molecule has 2 rings (SSSR count). The van der Waals surface area contributed by atoms with Gasteiger partial charge in [-0.1, -0.05) is 15.9 Å². The van der Waals surface area contributed by atoms with Gasteiger partial charge in [0.1, 0.15) is 0 Å². The maximum Gasteiger partial charge on any atom is 0.241 e. The van der Waals surface area contributed by atoms with Crippen molar-refractivity contribution in [2.75, 3.05) is 29.9 Å². The van der Waals surface area contributed by atoms with Crippen molar-refractivity contribution in [1.29, 1.82) is 0 Å². The van der Waals surface area contributed by atoms with Gasteiger partial charge in [0.15, 0.2) is 0 Å². The zero-order valence-corrected chi connectivity index (χ0v) is 14.6. The summed E-state index contributed by atoms with van der Waals surface area (Å²) in [7, 11) is 0. The molecule has 104 valence electrons. The second-order valence-corrected chi connectivity index (χ2v) is 7.43. The number of carbonyl (C=O) groups is 1. The quantitative estimate of drug-likeness (QED) is 0.830. The minimum Gasteiger partial charge on any atom is -0.324 e. The third-order valence-corrected chi connectivity index (χ3v) is 5.25. The summed E-state index contributed by atoms with van der Waals surface area (Å²) in [4.78, 5) is 14.5. The van der Waals surface area contributed by atoms with Crippen molar-refractivity contribution in [3.63, 3.8) is 0 Å². The van der Waals surface area contributed by atoms with Gasteiger partial charge >= 0.3 is 0 Å². The number of nitrogens with one attached hydrogen (secondary N) is 1. The summed E-state index contributed by atoms with van der Waals surface area (Å²) in [5.41, 5.74) is 0.812. The second kappa shape index (κ2) is 7.11. The average molecular weight is 408 g/mol. The normalized spacial score (nSPS) is 18.1. The fraction of sp³-hybridized carbons (Fsp3) is 0.462. The molecule has 1 heterocycles. The Balaban J connectivity index is 1.99. The molecule has 19 heavy (non-hydrogen) atoms. The van der Waals surface area contributed by atoms with Gasteiger partial charge in [0.05, 0.1) is 11.7 Å². The van der Waals surface area contributed by atoms with Gasteiger partial charge in [-0.15, -0.1) is 0 Å². The van der Waals surface area contributed by atoms with Crippen LogP contribution in [0.5, 0.6) is 0 Å². The lowest BCUT2D eigenvalue weighted by atomic mass is 10.2. The Hall–Kier alpha value is -0.0400. The number of benzene rings is 1. The van der Waals surface area contributed by atoms with E-state index in [-0.39, 0.29) is 11.9 Å². The summed E-state index contributed by atoms with van der Waals surface area (Å²) >= 11 is 8.81. The summed E-state index contributed by atoms with van der Waals surface area (Å²) in [6.07, 6.45) is 0.